The molecule has 7 rings (SSSR count). The molecule has 1 heterocycles. The van der Waals surface area contributed by atoms with Crippen LogP contribution < -0.4 is 0 Å². The molecule has 55 heavy (non-hydrogen) atoms. The summed E-state index contributed by atoms with van der Waals surface area (Å²) in [6.07, 6.45) is -1.61. The largest absolute Gasteiger partial charge is 0.368 e. The molecule has 1 unspecified atom stereocenters. The van der Waals surface area contributed by atoms with Gasteiger partial charge >= 0.3 is 0 Å². The first kappa shape index (κ1) is 38.1. The van der Waals surface area contributed by atoms with Crippen LogP contribution in [0.2, 0.25) is 0 Å². The molecular formula is C49H48O6. The van der Waals surface area contributed by atoms with Crippen LogP contribution in [0.5, 0.6) is 0 Å². The molecular weight excluding hydrogens is 685 g/mol. The van der Waals surface area contributed by atoms with Crippen molar-refractivity contribution in [2.45, 2.75) is 56.1 Å². The van der Waals surface area contributed by atoms with Gasteiger partial charge < -0.3 is 28.4 Å². The van der Waals surface area contributed by atoms with Crippen molar-refractivity contribution >= 4 is 0 Å². The molecule has 1 saturated heterocycles. The summed E-state index contributed by atoms with van der Waals surface area (Å²) in [5.74, 6) is 0. The van der Waals surface area contributed by atoms with Crippen LogP contribution in [0.1, 0.15) is 33.4 Å². The van der Waals surface area contributed by atoms with Crippen molar-refractivity contribution in [2.75, 3.05) is 13.2 Å². The Hall–Kier alpha value is -5.18. The standard InChI is InChI=1S/C49H48O6/c1-2-33-50-48-47(53-36-40-25-13-5-14-26-40)46(52-35-39-23-11-4-12-24-39)45(51-34-38-21-9-3-10-22-38)44(55-48)37-54-49(41-27-15-6-16-28-41,42-29-17-7-18-30-42)43-31-19-8-20-32-43/h2-32,44-48H,1,33-37H2/t44-,45-,46+,47-,48?/m1/s1. The predicted octanol–water partition coefficient (Wildman–Crippen LogP) is 9.68. The third-order valence-electron chi connectivity index (χ3n) is 9.83. The van der Waals surface area contributed by atoms with Crippen LogP contribution in [0.4, 0.5) is 0 Å². The van der Waals surface area contributed by atoms with Gasteiger partial charge in [0.25, 0.3) is 0 Å². The lowest BCUT2D eigenvalue weighted by Crippen LogP contribution is -2.62. The molecule has 0 radical (unpaired) electrons. The molecule has 0 aromatic heterocycles. The van der Waals surface area contributed by atoms with E-state index in [0.717, 1.165) is 33.4 Å². The zero-order valence-corrected chi connectivity index (χ0v) is 31.0. The maximum atomic E-state index is 7.36. The Morgan fingerprint density at radius 2 is 0.818 bits per heavy atom. The average molecular weight is 733 g/mol. The lowest BCUT2D eigenvalue weighted by molar-refractivity contribution is -0.328. The summed E-state index contributed by atoms with van der Waals surface area (Å²) in [6.45, 7) is 5.33. The molecule has 6 aromatic carbocycles. The summed E-state index contributed by atoms with van der Waals surface area (Å²) in [4.78, 5) is 0. The fraction of sp³-hybridized carbons (Fsp3) is 0.224. The van der Waals surface area contributed by atoms with Crippen molar-refractivity contribution < 1.29 is 28.4 Å². The topological polar surface area (TPSA) is 55.4 Å². The molecule has 280 valence electrons. The summed E-state index contributed by atoms with van der Waals surface area (Å²) in [6, 6.07) is 61.4. The summed E-state index contributed by atoms with van der Waals surface area (Å²) in [5, 5.41) is 0. The first-order valence-corrected chi connectivity index (χ1v) is 18.9. The summed E-state index contributed by atoms with van der Waals surface area (Å²) in [5.41, 5.74) is 5.09. The highest BCUT2D eigenvalue weighted by molar-refractivity contribution is 5.47. The Bertz CT molecular complexity index is 1880. The molecule has 5 atom stereocenters. The smallest absolute Gasteiger partial charge is 0.187 e. The predicted molar refractivity (Wildman–Crippen MR) is 215 cm³/mol. The van der Waals surface area contributed by atoms with Gasteiger partial charge in [0.15, 0.2) is 6.29 Å². The first-order chi connectivity index (χ1) is 27.2. The second-order valence-electron chi connectivity index (χ2n) is 13.5. The molecule has 0 bridgehead atoms. The number of hydrogen-bond donors (Lipinski definition) is 0. The van der Waals surface area contributed by atoms with Crippen molar-refractivity contribution in [3.05, 3.63) is 228 Å². The van der Waals surface area contributed by atoms with Gasteiger partial charge in [-0.1, -0.05) is 188 Å². The van der Waals surface area contributed by atoms with E-state index in [9.17, 15) is 0 Å². The fourth-order valence-electron chi connectivity index (χ4n) is 7.15. The zero-order valence-electron chi connectivity index (χ0n) is 31.0. The Morgan fingerprint density at radius 1 is 0.455 bits per heavy atom. The molecule has 6 heteroatoms. The highest BCUT2D eigenvalue weighted by Crippen LogP contribution is 2.42. The van der Waals surface area contributed by atoms with Crippen LogP contribution in [-0.2, 0) is 53.8 Å². The monoisotopic (exact) mass is 732 g/mol. The molecule has 1 aliphatic rings. The third kappa shape index (κ3) is 9.56. The lowest BCUT2D eigenvalue weighted by atomic mass is 9.80. The number of benzene rings is 6. The molecule has 6 aromatic rings. The first-order valence-electron chi connectivity index (χ1n) is 18.9. The Balaban J connectivity index is 1.29. The third-order valence-corrected chi connectivity index (χ3v) is 9.83. The second-order valence-corrected chi connectivity index (χ2v) is 13.5. The zero-order chi connectivity index (χ0) is 37.5. The highest BCUT2D eigenvalue weighted by atomic mass is 16.7. The number of rotatable bonds is 18. The number of hydrogen-bond acceptors (Lipinski definition) is 6. The molecule has 0 amide bonds. The van der Waals surface area contributed by atoms with E-state index in [1.165, 1.54) is 0 Å². The van der Waals surface area contributed by atoms with E-state index >= 15 is 0 Å². The van der Waals surface area contributed by atoms with E-state index < -0.39 is 36.3 Å². The lowest BCUT2D eigenvalue weighted by Gasteiger charge is -2.47. The van der Waals surface area contributed by atoms with Crippen molar-refractivity contribution in [1.82, 2.24) is 0 Å². The van der Waals surface area contributed by atoms with Crippen LogP contribution in [0.25, 0.3) is 0 Å². The van der Waals surface area contributed by atoms with Crippen LogP contribution in [0.3, 0.4) is 0 Å². The normalized spacial score (nSPS) is 19.8. The summed E-state index contributed by atoms with van der Waals surface area (Å²) >= 11 is 0. The summed E-state index contributed by atoms with van der Waals surface area (Å²) in [7, 11) is 0. The van der Waals surface area contributed by atoms with E-state index in [4.69, 9.17) is 28.4 Å². The van der Waals surface area contributed by atoms with E-state index in [0.29, 0.717) is 19.8 Å². The van der Waals surface area contributed by atoms with E-state index in [1.807, 2.05) is 121 Å². The molecule has 0 N–H and O–H groups in total. The SMILES string of the molecule is C=CCOC1O[C@H](COC(c2ccccc2)(c2ccccc2)c2ccccc2)[C@@H](OCc2ccccc2)[C@H](OCc2ccccc2)[C@H]1OCc1ccccc1. The maximum Gasteiger partial charge on any atom is 0.187 e. The molecule has 1 aliphatic heterocycles. The van der Waals surface area contributed by atoms with Crippen molar-refractivity contribution in [3.63, 3.8) is 0 Å². The highest BCUT2D eigenvalue weighted by Gasteiger charge is 2.50. The molecule has 0 saturated carbocycles. The van der Waals surface area contributed by atoms with Gasteiger partial charge in [-0.05, 0) is 33.4 Å². The minimum absolute atomic E-state index is 0.142. The van der Waals surface area contributed by atoms with Crippen LogP contribution in [0.15, 0.2) is 195 Å². The van der Waals surface area contributed by atoms with E-state index in [-0.39, 0.29) is 13.2 Å². The molecule has 0 aliphatic carbocycles. The van der Waals surface area contributed by atoms with E-state index in [1.54, 1.807) is 6.08 Å². The molecule has 6 nitrogen and oxygen atoms in total. The van der Waals surface area contributed by atoms with Crippen molar-refractivity contribution in [3.8, 4) is 0 Å². The van der Waals surface area contributed by atoms with Crippen molar-refractivity contribution in [2.24, 2.45) is 0 Å². The van der Waals surface area contributed by atoms with Crippen molar-refractivity contribution in [1.29, 1.82) is 0 Å². The minimum Gasteiger partial charge on any atom is -0.368 e. The van der Waals surface area contributed by atoms with E-state index in [2.05, 4.69) is 67.2 Å². The van der Waals surface area contributed by atoms with Gasteiger partial charge in [-0.15, -0.1) is 6.58 Å². The average Bonchev–Trinajstić information content (AvgIpc) is 3.26. The fourth-order valence-corrected chi connectivity index (χ4v) is 7.15. The summed E-state index contributed by atoms with van der Waals surface area (Å²) < 4.78 is 41.3. The van der Waals surface area contributed by atoms with Gasteiger partial charge in [-0.2, -0.15) is 0 Å². The maximum absolute atomic E-state index is 7.36. The van der Waals surface area contributed by atoms with Crippen LogP contribution in [-0.4, -0.2) is 43.9 Å². The van der Waals surface area contributed by atoms with Gasteiger partial charge in [0.2, 0.25) is 0 Å². The van der Waals surface area contributed by atoms with Crippen LogP contribution in [0, 0.1) is 0 Å². The Labute approximate surface area is 324 Å². The van der Waals surface area contributed by atoms with Gasteiger partial charge in [0, 0.05) is 0 Å². The van der Waals surface area contributed by atoms with Gasteiger partial charge in [0.05, 0.1) is 33.0 Å². The van der Waals surface area contributed by atoms with Gasteiger partial charge in [0.1, 0.15) is 30.0 Å². The Kier molecular flexibility index (Phi) is 13.5. The molecule has 1 fully saturated rings. The number of ether oxygens (including phenoxy) is 6. The van der Waals surface area contributed by atoms with Gasteiger partial charge in [-0.3, -0.25) is 0 Å². The van der Waals surface area contributed by atoms with Gasteiger partial charge in [-0.25, -0.2) is 0 Å². The minimum atomic E-state index is -0.977. The van der Waals surface area contributed by atoms with Crippen LogP contribution >= 0.6 is 0 Å². The quantitative estimate of drug-likeness (QED) is 0.0648. The Morgan fingerprint density at radius 3 is 1.22 bits per heavy atom. The molecule has 0 spiro atoms. The second kappa shape index (κ2) is 19.4.